The molecule has 0 radical (unpaired) electrons. The van der Waals surface area contributed by atoms with Crippen LogP contribution in [0.15, 0.2) is 56.6 Å². The number of pyridine rings is 1. The van der Waals surface area contributed by atoms with E-state index in [-0.39, 0.29) is 35.4 Å². The zero-order chi connectivity index (χ0) is 22.5. The molecule has 9 heteroatoms. The number of fused-ring (bicyclic) bond motifs is 3. The molecule has 0 fully saturated rings. The molecule has 2 heterocycles. The fourth-order valence-electron chi connectivity index (χ4n) is 3.13. The number of aromatic nitrogens is 1. The lowest BCUT2D eigenvalue weighted by Crippen LogP contribution is -2.26. The van der Waals surface area contributed by atoms with Crippen molar-refractivity contribution in [1.29, 1.82) is 0 Å². The van der Waals surface area contributed by atoms with E-state index in [1.54, 1.807) is 45.2 Å². The average molecular weight is 426 g/mol. The smallest absolute Gasteiger partial charge is 0.360 e. The van der Waals surface area contributed by atoms with Crippen molar-refractivity contribution in [3.63, 3.8) is 0 Å². The van der Waals surface area contributed by atoms with Crippen molar-refractivity contribution >= 4 is 39.5 Å². The molecule has 0 aliphatic rings. The summed E-state index contributed by atoms with van der Waals surface area (Å²) < 4.78 is 16.7. The number of hydrogen-bond acceptors (Lipinski definition) is 8. The monoisotopic (exact) mass is 426 g/mol. The standard InChI is InChI=1S/C22H22N2O7/c1-4-29-20(26)14(21(27)30-5-2)10-11-23-16-12-15-18(31-22(16)28)13-8-6-7-9-17(13)24(3)19(15)25/h6-12,14,23H,4-5H2,1-3H3/b11-10+. The van der Waals surface area contributed by atoms with Gasteiger partial charge >= 0.3 is 17.6 Å². The first-order valence-corrected chi connectivity index (χ1v) is 9.71. The Kier molecular flexibility index (Phi) is 6.54. The van der Waals surface area contributed by atoms with Crippen LogP contribution in [0.3, 0.4) is 0 Å². The Morgan fingerprint density at radius 1 is 1.10 bits per heavy atom. The van der Waals surface area contributed by atoms with E-state index in [9.17, 15) is 19.2 Å². The lowest BCUT2D eigenvalue weighted by atomic mass is 10.1. The van der Waals surface area contributed by atoms with Crippen LogP contribution in [-0.4, -0.2) is 29.7 Å². The first-order valence-electron chi connectivity index (χ1n) is 9.71. The lowest BCUT2D eigenvalue weighted by molar-refractivity contribution is -0.158. The van der Waals surface area contributed by atoms with Gasteiger partial charge in [-0.05, 0) is 44.3 Å². The number of esters is 2. The molecule has 0 aliphatic carbocycles. The van der Waals surface area contributed by atoms with Crippen molar-refractivity contribution < 1.29 is 23.5 Å². The van der Waals surface area contributed by atoms with E-state index in [0.29, 0.717) is 10.9 Å². The van der Waals surface area contributed by atoms with Crippen LogP contribution in [0.25, 0.3) is 21.9 Å². The topological polar surface area (TPSA) is 117 Å². The Morgan fingerprint density at radius 3 is 2.39 bits per heavy atom. The Bertz CT molecular complexity index is 1270. The van der Waals surface area contributed by atoms with Crippen molar-refractivity contribution in [2.45, 2.75) is 13.8 Å². The summed E-state index contributed by atoms with van der Waals surface area (Å²) in [5.74, 6) is -2.84. The first kappa shape index (κ1) is 21.8. The molecule has 1 aromatic carbocycles. The minimum absolute atomic E-state index is 0.0254. The number of carbonyl (C=O) groups excluding carboxylic acids is 2. The van der Waals surface area contributed by atoms with Crippen LogP contribution < -0.4 is 16.5 Å². The second-order valence-corrected chi connectivity index (χ2v) is 6.56. The summed E-state index contributed by atoms with van der Waals surface area (Å²) in [6.07, 6.45) is 2.46. The van der Waals surface area contributed by atoms with Crippen LogP contribution in [0, 0.1) is 5.92 Å². The van der Waals surface area contributed by atoms with Gasteiger partial charge in [0.05, 0.1) is 24.1 Å². The van der Waals surface area contributed by atoms with Gasteiger partial charge in [-0.2, -0.15) is 0 Å². The zero-order valence-corrected chi connectivity index (χ0v) is 17.3. The summed E-state index contributed by atoms with van der Waals surface area (Å²) in [4.78, 5) is 49.3. The van der Waals surface area contributed by atoms with Crippen LogP contribution in [0.5, 0.6) is 0 Å². The van der Waals surface area contributed by atoms with Gasteiger partial charge in [0.1, 0.15) is 5.69 Å². The maximum absolute atomic E-state index is 12.7. The quantitative estimate of drug-likeness (QED) is 0.348. The van der Waals surface area contributed by atoms with Gasteiger partial charge in [0.25, 0.3) is 5.56 Å². The SMILES string of the molecule is CCOC(=O)C(/C=C/Nc1cc2c(=O)n(C)c3ccccc3c2oc1=O)C(=O)OCC. The summed E-state index contributed by atoms with van der Waals surface area (Å²) in [5, 5.41) is 3.51. The lowest BCUT2D eigenvalue weighted by Gasteiger charge is -2.11. The molecule has 0 spiro atoms. The Balaban J connectivity index is 1.99. The fourth-order valence-corrected chi connectivity index (χ4v) is 3.13. The molecule has 3 aromatic rings. The summed E-state index contributed by atoms with van der Waals surface area (Å²) in [5.41, 5.74) is -0.244. The number of nitrogens with zero attached hydrogens (tertiary/aromatic N) is 1. The van der Waals surface area contributed by atoms with Crippen LogP contribution in [0.4, 0.5) is 5.69 Å². The molecule has 3 rings (SSSR count). The second-order valence-electron chi connectivity index (χ2n) is 6.56. The van der Waals surface area contributed by atoms with Gasteiger partial charge in [-0.3, -0.25) is 14.4 Å². The molecule has 0 amide bonds. The van der Waals surface area contributed by atoms with E-state index >= 15 is 0 Å². The van der Waals surface area contributed by atoms with Crippen LogP contribution >= 0.6 is 0 Å². The number of benzene rings is 1. The van der Waals surface area contributed by atoms with E-state index in [0.717, 1.165) is 0 Å². The van der Waals surface area contributed by atoms with Gasteiger partial charge in [-0.1, -0.05) is 12.1 Å². The molecule has 0 saturated carbocycles. The number of carbonyl (C=O) groups is 2. The summed E-state index contributed by atoms with van der Waals surface area (Å²) in [6, 6.07) is 8.47. The van der Waals surface area contributed by atoms with E-state index in [1.807, 2.05) is 0 Å². The first-order chi connectivity index (χ1) is 14.9. The summed E-state index contributed by atoms with van der Waals surface area (Å²) in [7, 11) is 1.63. The van der Waals surface area contributed by atoms with Crippen molar-refractivity contribution in [2.24, 2.45) is 13.0 Å². The van der Waals surface area contributed by atoms with E-state index in [2.05, 4.69) is 5.32 Å². The molecule has 0 unspecified atom stereocenters. The number of nitrogens with one attached hydrogen (secondary N) is 1. The zero-order valence-electron chi connectivity index (χ0n) is 17.3. The van der Waals surface area contributed by atoms with Crippen LogP contribution in [0.2, 0.25) is 0 Å². The molecule has 1 N–H and O–H groups in total. The number of para-hydroxylation sites is 1. The molecule has 0 aliphatic heterocycles. The highest BCUT2D eigenvalue weighted by atomic mass is 16.6. The molecule has 162 valence electrons. The van der Waals surface area contributed by atoms with Crippen LogP contribution in [-0.2, 0) is 26.1 Å². The van der Waals surface area contributed by atoms with Gasteiger partial charge in [0.15, 0.2) is 11.5 Å². The molecule has 2 aromatic heterocycles. The average Bonchev–Trinajstić information content (AvgIpc) is 2.76. The summed E-state index contributed by atoms with van der Waals surface area (Å²) in [6.45, 7) is 3.43. The van der Waals surface area contributed by atoms with Gasteiger partial charge < -0.3 is 23.8 Å². The van der Waals surface area contributed by atoms with E-state index in [4.69, 9.17) is 13.9 Å². The van der Waals surface area contributed by atoms with Crippen LogP contribution in [0.1, 0.15) is 13.8 Å². The molecule has 31 heavy (non-hydrogen) atoms. The predicted molar refractivity (Wildman–Crippen MR) is 115 cm³/mol. The van der Waals surface area contributed by atoms with Crippen molar-refractivity contribution in [1.82, 2.24) is 4.57 Å². The molecule has 0 bridgehead atoms. The fraction of sp³-hybridized carbons (Fsp3) is 0.273. The minimum atomic E-state index is -1.29. The molecular formula is C22H22N2O7. The number of hydrogen-bond donors (Lipinski definition) is 1. The number of rotatable bonds is 7. The largest absolute Gasteiger partial charge is 0.465 e. The Labute approximate surface area is 176 Å². The third-order valence-electron chi connectivity index (χ3n) is 4.60. The third-order valence-corrected chi connectivity index (χ3v) is 4.60. The van der Waals surface area contributed by atoms with E-state index in [1.165, 1.54) is 22.9 Å². The highest BCUT2D eigenvalue weighted by Gasteiger charge is 2.26. The normalized spacial score (nSPS) is 11.4. The molecule has 0 atom stereocenters. The molecule has 0 saturated heterocycles. The number of anilines is 1. The molecular weight excluding hydrogens is 404 g/mol. The predicted octanol–water partition coefficient (Wildman–Crippen LogP) is 2.31. The number of aryl methyl sites for hydroxylation is 1. The summed E-state index contributed by atoms with van der Waals surface area (Å²) >= 11 is 0. The highest BCUT2D eigenvalue weighted by Crippen LogP contribution is 2.22. The molecule has 9 nitrogen and oxygen atoms in total. The Morgan fingerprint density at radius 2 is 1.74 bits per heavy atom. The van der Waals surface area contributed by atoms with Gasteiger partial charge in [-0.25, -0.2) is 4.79 Å². The third kappa shape index (κ3) is 4.35. The Hall–Kier alpha value is -3.88. The maximum atomic E-state index is 12.7. The van der Waals surface area contributed by atoms with Crippen molar-refractivity contribution in [3.05, 3.63) is 63.4 Å². The van der Waals surface area contributed by atoms with Gasteiger partial charge in [-0.15, -0.1) is 0 Å². The highest BCUT2D eigenvalue weighted by molar-refractivity contribution is 6.02. The second kappa shape index (κ2) is 9.29. The minimum Gasteiger partial charge on any atom is -0.465 e. The van der Waals surface area contributed by atoms with Gasteiger partial charge in [0, 0.05) is 12.4 Å². The van der Waals surface area contributed by atoms with Crippen molar-refractivity contribution in [3.8, 4) is 0 Å². The van der Waals surface area contributed by atoms with E-state index < -0.39 is 23.5 Å². The van der Waals surface area contributed by atoms with Gasteiger partial charge in [0.2, 0.25) is 0 Å². The maximum Gasteiger partial charge on any atom is 0.360 e. The number of ether oxygens (including phenoxy) is 2. The van der Waals surface area contributed by atoms with Crippen molar-refractivity contribution in [2.75, 3.05) is 18.5 Å².